The van der Waals surface area contributed by atoms with Gasteiger partial charge in [-0.2, -0.15) is 0 Å². The van der Waals surface area contributed by atoms with Crippen LogP contribution in [0.15, 0.2) is 109 Å². The first-order chi connectivity index (χ1) is 39.0. The number of quaternary nitrogens is 1. The molecule has 9 heteroatoms. The first-order valence-corrected chi connectivity index (χ1v) is 34.7. The molecule has 0 aromatic heterocycles. The molecule has 0 bridgehead atoms. The molecular weight excluding hydrogens is 1010 g/mol. The summed E-state index contributed by atoms with van der Waals surface area (Å²) in [5.41, 5.74) is 0. The molecule has 0 radical (unpaired) electrons. The van der Waals surface area contributed by atoms with E-state index in [1.165, 1.54) is 167 Å². The summed E-state index contributed by atoms with van der Waals surface area (Å²) in [7, 11) is 1.25. The van der Waals surface area contributed by atoms with Gasteiger partial charge in [0, 0.05) is 6.42 Å². The summed E-state index contributed by atoms with van der Waals surface area (Å²) >= 11 is 0. The van der Waals surface area contributed by atoms with Crippen LogP contribution in [0.3, 0.4) is 0 Å². The Balaban J connectivity index is 4.15. The summed E-state index contributed by atoms with van der Waals surface area (Å²) in [6, 6.07) is -0.897. The summed E-state index contributed by atoms with van der Waals surface area (Å²) in [6.45, 7) is 4.55. The number of hydrogen-bond acceptors (Lipinski definition) is 6. The lowest BCUT2D eigenvalue weighted by molar-refractivity contribution is -0.870. The average molecular weight is 1140 g/mol. The number of hydrogen-bond donors (Lipinski definition) is 2. The average Bonchev–Trinajstić information content (AvgIpc) is 3.42. The Kier molecular flexibility index (Phi) is 58.6. The number of aliphatic hydroxyl groups excluding tert-OH is 1. The third-order valence-corrected chi connectivity index (χ3v) is 15.5. The predicted molar refractivity (Wildman–Crippen MR) is 348 cm³/mol. The maximum atomic E-state index is 13.0. The van der Waals surface area contributed by atoms with Gasteiger partial charge in [0.25, 0.3) is 7.82 Å². The predicted octanol–water partition coefficient (Wildman–Crippen LogP) is 20.5. The van der Waals surface area contributed by atoms with Gasteiger partial charge in [-0.05, 0) is 83.5 Å². The highest BCUT2D eigenvalue weighted by Gasteiger charge is 2.23. The van der Waals surface area contributed by atoms with Crippen molar-refractivity contribution in [1.29, 1.82) is 0 Å². The van der Waals surface area contributed by atoms with Crippen molar-refractivity contribution in [3.8, 4) is 0 Å². The van der Waals surface area contributed by atoms with Gasteiger partial charge in [-0.1, -0.05) is 303 Å². The van der Waals surface area contributed by atoms with E-state index >= 15 is 0 Å². The molecule has 0 aliphatic carbocycles. The molecule has 0 fully saturated rings. The van der Waals surface area contributed by atoms with E-state index in [0.29, 0.717) is 17.4 Å². The summed E-state index contributed by atoms with van der Waals surface area (Å²) in [6.07, 6.45) is 89.0. The molecule has 1 amide bonds. The van der Waals surface area contributed by atoms with Crippen LogP contribution in [-0.2, 0) is 18.4 Å². The lowest BCUT2D eigenvalue weighted by Gasteiger charge is -2.29. The molecule has 0 rings (SSSR count). The van der Waals surface area contributed by atoms with Crippen LogP contribution in [0.1, 0.15) is 284 Å². The van der Waals surface area contributed by atoms with E-state index in [0.717, 1.165) is 96.3 Å². The van der Waals surface area contributed by atoms with Gasteiger partial charge < -0.3 is 28.8 Å². The van der Waals surface area contributed by atoms with Gasteiger partial charge in [-0.3, -0.25) is 9.36 Å². The molecule has 0 heterocycles. The fraction of sp³-hybridized carbons (Fsp3) is 0.732. The topological polar surface area (TPSA) is 108 Å². The first-order valence-electron chi connectivity index (χ1n) is 33.2. The number of phosphoric acid groups is 1. The quantitative estimate of drug-likeness (QED) is 0.0272. The molecule has 0 saturated carbocycles. The van der Waals surface area contributed by atoms with E-state index in [9.17, 15) is 19.4 Å². The maximum Gasteiger partial charge on any atom is 0.268 e. The number of unbranched alkanes of at least 4 members (excludes halogenated alkanes) is 31. The number of phosphoric ester groups is 1. The number of aliphatic hydroxyl groups is 1. The Hall–Kier alpha value is -2.84. The SMILES string of the molecule is CC/C=C\C/C=C\C/C=C\C/C=C\C/C=C\C/C=C\C/C=C\C/C=C\CCCCCCCCCCCCC(=O)NC(COP(=O)([O-])OCC[N+](C)(C)C)C(O)/C=C/CCCCCCCCCCCCCCCCCCCCCCC. The molecule has 2 N–H and O–H groups in total. The van der Waals surface area contributed by atoms with E-state index in [1.807, 2.05) is 27.2 Å². The zero-order chi connectivity index (χ0) is 58.4. The zero-order valence-electron chi connectivity index (χ0n) is 52.7. The first kappa shape index (κ1) is 77.2. The van der Waals surface area contributed by atoms with Gasteiger partial charge in [0.05, 0.1) is 39.9 Å². The molecule has 0 saturated heterocycles. The van der Waals surface area contributed by atoms with E-state index in [4.69, 9.17) is 9.05 Å². The zero-order valence-corrected chi connectivity index (χ0v) is 53.6. The lowest BCUT2D eigenvalue weighted by atomic mass is 10.0. The Morgan fingerprint density at radius 2 is 0.762 bits per heavy atom. The van der Waals surface area contributed by atoms with Crippen LogP contribution in [0, 0.1) is 0 Å². The summed E-state index contributed by atoms with van der Waals surface area (Å²) in [5.74, 6) is -0.203. The number of nitrogens with zero attached hydrogens (tertiary/aromatic N) is 1. The standard InChI is InChI=1S/C71H127N2O6P/c1-6-8-10-12-14-16-18-20-22-24-26-28-30-31-32-33-34-35-36-37-38-39-40-41-43-45-47-49-51-53-55-57-59-61-63-65-71(75)72-69(68-79-80(76,77)78-67-66-73(3,4)5)70(74)64-62-60-58-56-54-52-50-48-46-44-42-29-27-25-23-21-19-17-15-13-11-9-7-2/h8,10,14,16,20,22,26,28,31-32,34-35,37-38,40-41,62,64,69-70,74H,6-7,9,11-13,15,17-19,21,23-25,27,29-30,33,36,39,42-61,63,65-68H2,1-5H3,(H-,72,75,76,77)/b10-8-,16-14-,22-20-,28-26-,32-31-,35-34-,38-37-,41-40-,64-62+. The highest BCUT2D eigenvalue weighted by molar-refractivity contribution is 7.45. The van der Waals surface area contributed by atoms with Crippen molar-refractivity contribution in [3.05, 3.63) is 109 Å². The van der Waals surface area contributed by atoms with Crippen LogP contribution < -0.4 is 10.2 Å². The van der Waals surface area contributed by atoms with Gasteiger partial charge in [-0.25, -0.2) is 0 Å². The maximum absolute atomic E-state index is 13.0. The minimum atomic E-state index is -4.61. The third-order valence-electron chi connectivity index (χ3n) is 14.5. The molecule has 8 nitrogen and oxygen atoms in total. The number of carbonyl (C=O) groups excluding carboxylic acids is 1. The van der Waals surface area contributed by atoms with E-state index in [1.54, 1.807) is 6.08 Å². The van der Waals surface area contributed by atoms with Crippen LogP contribution in [0.2, 0.25) is 0 Å². The highest BCUT2D eigenvalue weighted by Crippen LogP contribution is 2.38. The molecule has 0 aromatic rings. The van der Waals surface area contributed by atoms with Crippen LogP contribution in [0.4, 0.5) is 0 Å². The van der Waals surface area contributed by atoms with E-state index in [2.05, 4.69) is 116 Å². The van der Waals surface area contributed by atoms with Crippen molar-refractivity contribution in [2.75, 3.05) is 40.9 Å². The van der Waals surface area contributed by atoms with Gasteiger partial charge in [0.2, 0.25) is 5.91 Å². The number of carbonyl (C=O) groups is 1. The number of nitrogens with one attached hydrogen (secondary N) is 1. The number of likely N-dealkylation sites (N-methyl/N-ethyl adjacent to an activating group) is 1. The van der Waals surface area contributed by atoms with Crippen molar-refractivity contribution in [2.24, 2.45) is 0 Å². The molecule has 0 aliphatic rings. The van der Waals surface area contributed by atoms with Crippen LogP contribution in [-0.4, -0.2) is 68.5 Å². The second kappa shape index (κ2) is 60.7. The number of allylic oxidation sites excluding steroid dienone is 17. The van der Waals surface area contributed by atoms with Crippen LogP contribution in [0.5, 0.6) is 0 Å². The summed E-state index contributed by atoms with van der Waals surface area (Å²) in [4.78, 5) is 25.6. The monoisotopic (exact) mass is 1130 g/mol. The molecule has 462 valence electrons. The van der Waals surface area contributed by atoms with Crippen molar-refractivity contribution in [1.82, 2.24) is 5.32 Å². The molecule has 80 heavy (non-hydrogen) atoms. The van der Waals surface area contributed by atoms with Crippen LogP contribution >= 0.6 is 7.82 Å². The van der Waals surface area contributed by atoms with Crippen molar-refractivity contribution in [2.45, 2.75) is 296 Å². The Morgan fingerprint density at radius 3 is 1.11 bits per heavy atom. The fourth-order valence-corrected chi connectivity index (χ4v) is 10.1. The smallest absolute Gasteiger partial charge is 0.268 e. The second-order valence-electron chi connectivity index (χ2n) is 23.4. The van der Waals surface area contributed by atoms with E-state index in [-0.39, 0.29) is 19.1 Å². The van der Waals surface area contributed by atoms with Gasteiger partial charge in [-0.15, -0.1) is 0 Å². The Morgan fingerprint density at radius 1 is 0.450 bits per heavy atom. The number of rotatable bonds is 60. The summed E-state index contributed by atoms with van der Waals surface area (Å²) in [5, 5.41) is 13.9. The van der Waals surface area contributed by atoms with E-state index < -0.39 is 20.0 Å². The lowest BCUT2D eigenvalue weighted by Crippen LogP contribution is -2.45. The van der Waals surface area contributed by atoms with Gasteiger partial charge in [0.1, 0.15) is 13.2 Å². The minimum Gasteiger partial charge on any atom is -0.756 e. The van der Waals surface area contributed by atoms with Gasteiger partial charge >= 0.3 is 0 Å². The second-order valence-corrected chi connectivity index (χ2v) is 24.9. The Labute approximate surface area is 495 Å². The molecule has 0 aromatic carbocycles. The molecular formula is C71H127N2O6P. The molecule has 0 aliphatic heterocycles. The van der Waals surface area contributed by atoms with Crippen molar-refractivity contribution < 1.29 is 32.9 Å². The molecule has 0 spiro atoms. The number of amides is 1. The highest BCUT2D eigenvalue weighted by atomic mass is 31.2. The van der Waals surface area contributed by atoms with Crippen LogP contribution in [0.25, 0.3) is 0 Å². The third kappa shape index (κ3) is 62.8. The summed E-state index contributed by atoms with van der Waals surface area (Å²) < 4.78 is 23.4. The van der Waals surface area contributed by atoms with Crippen molar-refractivity contribution >= 4 is 13.7 Å². The fourth-order valence-electron chi connectivity index (χ4n) is 9.35. The molecule has 3 atom stereocenters. The molecule has 3 unspecified atom stereocenters. The van der Waals surface area contributed by atoms with Crippen molar-refractivity contribution in [3.63, 3.8) is 0 Å². The minimum absolute atomic E-state index is 0.00608. The largest absolute Gasteiger partial charge is 0.756 e. The van der Waals surface area contributed by atoms with Gasteiger partial charge in [0.15, 0.2) is 0 Å². The normalized spacial score (nSPS) is 14.4. The Bertz CT molecular complexity index is 1670.